The number of aromatic nitrogens is 2. The molecule has 0 spiro atoms. The number of fused-ring (bicyclic) bond motifs is 1. The van der Waals surface area contributed by atoms with Gasteiger partial charge in [-0.05, 0) is 60.9 Å². The first-order valence-corrected chi connectivity index (χ1v) is 8.91. The zero-order valence-corrected chi connectivity index (χ0v) is 14.7. The molecule has 0 fully saturated rings. The predicted octanol–water partition coefficient (Wildman–Crippen LogP) is 3.46. The van der Waals surface area contributed by atoms with Gasteiger partial charge in [0.15, 0.2) is 0 Å². The average molecular weight is 334 g/mol. The molecule has 0 aliphatic carbocycles. The molecule has 2 heterocycles. The van der Waals surface area contributed by atoms with Gasteiger partial charge < -0.3 is 11.1 Å². The van der Waals surface area contributed by atoms with Crippen molar-refractivity contribution in [3.63, 3.8) is 0 Å². The third-order valence-corrected chi connectivity index (χ3v) is 4.54. The van der Waals surface area contributed by atoms with Crippen molar-refractivity contribution in [3.05, 3.63) is 72.3 Å². The zero-order valence-electron chi connectivity index (χ0n) is 14.7. The number of benzene rings is 1. The van der Waals surface area contributed by atoms with Crippen LogP contribution in [0.3, 0.4) is 0 Å². The van der Waals surface area contributed by atoms with Gasteiger partial charge >= 0.3 is 0 Å². The van der Waals surface area contributed by atoms with Crippen molar-refractivity contribution in [3.8, 4) is 0 Å². The monoisotopic (exact) mass is 334 g/mol. The molecule has 0 aliphatic heterocycles. The first-order chi connectivity index (χ1) is 12.2. The topological polar surface area (TPSA) is 63.8 Å². The second kappa shape index (κ2) is 8.70. The second-order valence-corrected chi connectivity index (χ2v) is 6.73. The van der Waals surface area contributed by atoms with Crippen LogP contribution in [-0.2, 0) is 13.0 Å². The molecule has 0 amide bonds. The Balaban J connectivity index is 1.44. The first kappa shape index (κ1) is 17.5. The highest BCUT2D eigenvalue weighted by atomic mass is 14.9. The predicted molar refractivity (Wildman–Crippen MR) is 103 cm³/mol. The molecule has 130 valence electrons. The summed E-state index contributed by atoms with van der Waals surface area (Å²) < 4.78 is 0. The molecule has 2 aromatic heterocycles. The molecule has 25 heavy (non-hydrogen) atoms. The minimum atomic E-state index is 0.199. The molecule has 3 aromatic rings. The standard InChI is InChI=1S/C21H26N4/c1-16(11-21(22)7-5-17-3-2-9-23-13-17)25-14-18-4-6-20-15-24-10-8-19(20)12-18/h2-4,6,8-10,12-13,15-16,21,25H,5,7,11,14,22H2,1H3/t16-,21?/m1/s1. The Bertz CT molecular complexity index is 788. The Morgan fingerprint density at radius 1 is 1.00 bits per heavy atom. The number of nitrogens with zero attached hydrogens (tertiary/aromatic N) is 2. The lowest BCUT2D eigenvalue weighted by molar-refractivity contribution is 0.447. The van der Waals surface area contributed by atoms with Gasteiger partial charge in [0.05, 0.1) is 0 Å². The fourth-order valence-corrected chi connectivity index (χ4v) is 3.09. The van der Waals surface area contributed by atoms with Crippen LogP contribution in [0.2, 0.25) is 0 Å². The summed E-state index contributed by atoms with van der Waals surface area (Å²) in [6.45, 7) is 3.06. The second-order valence-electron chi connectivity index (χ2n) is 6.73. The summed E-state index contributed by atoms with van der Waals surface area (Å²) in [5.41, 5.74) is 8.84. The van der Waals surface area contributed by atoms with E-state index in [2.05, 4.69) is 52.5 Å². The minimum absolute atomic E-state index is 0.199. The molecular weight excluding hydrogens is 308 g/mol. The summed E-state index contributed by atoms with van der Waals surface area (Å²) in [7, 11) is 0. The number of pyridine rings is 2. The number of nitrogens with one attached hydrogen (secondary N) is 1. The molecule has 4 nitrogen and oxygen atoms in total. The lowest BCUT2D eigenvalue weighted by Crippen LogP contribution is -2.33. The van der Waals surface area contributed by atoms with Crippen molar-refractivity contribution in [2.24, 2.45) is 5.73 Å². The van der Waals surface area contributed by atoms with E-state index in [1.807, 2.05) is 24.7 Å². The Hall–Kier alpha value is -2.30. The van der Waals surface area contributed by atoms with Crippen LogP contribution in [-0.4, -0.2) is 22.1 Å². The Morgan fingerprint density at radius 3 is 2.72 bits per heavy atom. The highest BCUT2D eigenvalue weighted by Gasteiger charge is 2.09. The van der Waals surface area contributed by atoms with Crippen LogP contribution in [0.4, 0.5) is 0 Å². The van der Waals surface area contributed by atoms with E-state index >= 15 is 0 Å². The van der Waals surface area contributed by atoms with Crippen LogP contribution < -0.4 is 11.1 Å². The van der Waals surface area contributed by atoms with Crippen molar-refractivity contribution in [2.75, 3.05) is 0 Å². The van der Waals surface area contributed by atoms with Gasteiger partial charge in [-0.15, -0.1) is 0 Å². The third-order valence-electron chi connectivity index (χ3n) is 4.54. The van der Waals surface area contributed by atoms with Crippen molar-refractivity contribution in [1.82, 2.24) is 15.3 Å². The molecule has 0 radical (unpaired) electrons. The van der Waals surface area contributed by atoms with Crippen molar-refractivity contribution in [2.45, 2.75) is 44.8 Å². The van der Waals surface area contributed by atoms with Gasteiger partial charge in [0.25, 0.3) is 0 Å². The molecule has 0 saturated carbocycles. The SMILES string of the molecule is C[C@H](CC(N)CCc1cccnc1)NCc1ccc2cnccc2c1. The number of nitrogens with two attached hydrogens (primary N) is 1. The molecule has 0 bridgehead atoms. The van der Waals surface area contributed by atoms with Crippen molar-refractivity contribution < 1.29 is 0 Å². The van der Waals surface area contributed by atoms with Gasteiger partial charge in [-0.3, -0.25) is 9.97 Å². The summed E-state index contributed by atoms with van der Waals surface area (Å²) in [6, 6.07) is 13.2. The molecular formula is C21H26N4. The van der Waals surface area contributed by atoms with Crippen LogP contribution in [0.1, 0.15) is 30.9 Å². The van der Waals surface area contributed by atoms with Crippen molar-refractivity contribution >= 4 is 10.8 Å². The van der Waals surface area contributed by atoms with Crippen LogP contribution >= 0.6 is 0 Å². The van der Waals surface area contributed by atoms with Gasteiger partial charge in [0, 0.05) is 48.8 Å². The molecule has 3 rings (SSSR count). The molecule has 1 aromatic carbocycles. The Morgan fingerprint density at radius 2 is 1.88 bits per heavy atom. The van der Waals surface area contributed by atoms with E-state index in [0.717, 1.165) is 25.8 Å². The zero-order chi connectivity index (χ0) is 17.5. The Labute approximate surface area is 149 Å². The first-order valence-electron chi connectivity index (χ1n) is 8.91. The van der Waals surface area contributed by atoms with E-state index in [0.29, 0.717) is 6.04 Å². The fraction of sp³-hybridized carbons (Fsp3) is 0.333. The van der Waals surface area contributed by atoms with Gasteiger partial charge in [0.1, 0.15) is 0 Å². The lowest BCUT2D eigenvalue weighted by Gasteiger charge is -2.19. The smallest absolute Gasteiger partial charge is 0.0346 e. The average Bonchev–Trinajstić information content (AvgIpc) is 2.65. The van der Waals surface area contributed by atoms with Crippen LogP contribution in [0, 0.1) is 0 Å². The number of aryl methyl sites for hydroxylation is 1. The van der Waals surface area contributed by atoms with E-state index in [1.54, 1.807) is 6.20 Å². The van der Waals surface area contributed by atoms with Gasteiger partial charge in [-0.2, -0.15) is 0 Å². The molecule has 0 saturated heterocycles. The number of hydrogen-bond donors (Lipinski definition) is 2. The third kappa shape index (κ3) is 5.34. The largest absolute Gasteiger partial charge is 0.328 e. The number of hydrogen-bond acceptors (Lipinski definition) is 4. The van der Waals surface area contributed by atoms with E-state index in [1.165, 1.54) is 21.9 Å². The normalized spacial score (nSPS) is 13.7. The maximum absolute atomic E-state index is 6.30. The van der Waals surface area contributed by atoms with Crippen molar-refractivity contribution in [1.29, 1.82) is 0 Å². The van der Waals surface area contributed by atoms with Gasteiger partial charge in [0.2, 0.25) is 0 Å². The summed E-state index contributed by atoms with van der Waals surface area (Å²) in [5.74, 6) is 0. The van der Waals surface area contributed by atoms with E-state index in [9.17, 15) is 0 Å². The van der Waals surface area contributed by atoms with E-state index in [4.69, 9.17) is 5.73 Å². The minimum Gasteiger partial charge on any atom is -0.328 e. The van der Waals surface area contributed by atoms with Crippen LogP contribution in [0.5, 0.6) is 0 Å². The summed E-state index contributed by atoms with van der Waals surface area (Å²) in [6.07, 6.45) is 10.4. The summed E-state index contributed by atoms with van der Waals surface area (Å²) in [4.78, 5) is 8.31. The summed E-state index contributed by atoms with van der Waals surface area (Å²) >= 11 is 0. The summed E-state index contributed by atoms with van der Waals surface area (Å²) in [5, 5.41) is 5.99. The lowest BCUT2D eigenvalue weighted by atomic mass is 10.0. The molecule has 0 aliphatic rings. The van der Waals surface area contributed by atoms with Gasteiger partial charge in [-0.1, -0.05) is 18.2 Å². The molecule has 3 N–H and O–H groups in total. The maximum atomic E-state index is 6.30. The Kier molecular flexibility index (Phi) is 6.09. The van der Waals surface area contributed by atoms with E-state index < -0.39 is 0 Å². The van der Waals surface area contributed by atoms with Crippen LogP contribution in [0.15, 0.2) is 61.2 Å². The van der Waals surface area contributed by atoms with Crippen LogP contribution in [0.25, 0.3) is 10.8 Å². The maximum Gasteiger partial charge on any atom is 0.0346 e. The quantitative estimate of drug-likeness (QED) is 0.662. The molecule has 4 heteroatoms. The fourth-order valence-electron chi connectivity index (χ4n) is 3.09. The molecule has 2 atom stereocenters. The van der Waals surface area contributed by atoms with Gasteiger partial charge in [-0.25, -0.2) is 0 Å². The van der Waals surface area contributed by atoms with E-state index in [-0.39, 0.29) is 6.04 Å². The highest BCUT2D eigenvalue weighted by molar-refractivity contribution is 5.81. The number of rotatable bonds is 8. The molecule has 1 unspecified atom stereocenters. The highest BCUT2D eigenvalue weighted by Crippen LogP contribution is 2.15.